The molecule has 9 nitrogen and oxygen atoms in total. The van der Waals surface area contributed by atoms with Crippen molar-refractivity contribution < 1.29 is 19.1 Å². The predicted molar refractivity (Wildman–Crippen MR) is 190 cm³/mol. The number of amides is 1. The second kappa shape index (κ2) is 17.5. The zero-order valence-electron chi connectivity index (χ0n) is 26.3. The fraction of sp³-hybridized carbons (Fsp3) is 0.250. The van der Waals surface area contributed by atoms with Crippen LogP contribution in [0.4, 0.5) is 4.39 Å². The lowest BCUT2D eigenvalue weighted by molar-refractivity contribution is -0.114. The van der Waals surface area contributed by atoms with Gasteiger partial charge in [0.2, 0.25) is 5.95 Å². The Kier molecular flexibility index (Phi) is 14.1. The number of nitrogens with zero attached hydrogens (tertiary/aromatic N) is 5. The number of likely N-dealkylation sites (N-methyl/N-ethyl adjacent to an activating group) is 1. The van der Waals surface area contributed by atoms with Gasteiger partial charge in [0.1, 0.15) is 7.11 Å². The van der Waals surface area contributed by atoms with Crippen LogP contribution in [0.3, 0.4) is 0 Å². The highest BCUT2D eigenvalue weighted by molar-refractivity contribution is 9.11. The van der Waals surface area contributed by atoms with Crippen molar-refractivity contribution in [2.45, 2.75) is 41.2 Å². The van der Waals surface area contributed by atoms with Crippen molar-refractivity contribution in [1.82, 2.24) is 24.0 Å². The van der Waals surface area contributed by atoms with E-state index in [1.54, 1.807) is 37.3 Å². The predicted octanol–water partition coefficient (Wildman–Crippen LogP) is 7.89. The Morgan fingerprint density at radius 1 is 0.913 bits per heavy atom. The van der Waals surface area contributed by atoms with Crippen molar-refractivity contribution in [3.8, 4) is 20.9 Å². The van der Waals surface area contributed by atoms with Crippen LogP contribution in [0, 0.1) is 40.6 Å². The number of aryl methyl sites for hydroxylation is 5. The van der Waals surface area contributed by atoms with Gasteiger partial charge in [-0.05, 0) is 113 Å². The lowest BCUT2D eigenvalue weighted by Crippen LogP contribution is -2.29. The molecule has 0 radical (unpaired) electrons. The molecule has 0 aliphatic rings. The number of rotatable bonds is 6. The summed E-state index contributed by atoms with van der Waals surface area (Å²) in [5, 5.41) is 15.3. The maximum atomic E-state index is 13.0. The lowest BCUT2D eigenvalue weighted by atomic mass is 10.0. The van der Waals surface area contributed by atoms with Gasteiger partial charge in [0.15, 0.2) is 5.71 Å². The molecule has 242 valence electrons. The van der Waals surface area contributed by atoms with Gasteiger partial charge in [-0.15, -0.1) is 0 Å². The fourth-order valence-corrected chi connectivity index (χ4v) is 6.67. The second-order valence-corrected chi connectivity index (χ2v) is 12.9. The van der Waals surface area contributed by atoms with Crippen LogP contribution in [0.15, 0.2) is 62.9 Å². The van der Waals surface area contributed by atoms with Gasteiger partial charge in [0.05, 0.1) is 36.7 Å². The van der Waals surface area contributed by atoms with E-state index in [4.69, 9.17) is 5.11 Å². The van der Waals surface area contributed by atoms with Crippen LogP contribution in [0.25, 0.3) is 20.9 Å². The molecule has 0 saturated heterocycles. The largest absolute Gasteiger partial charge is 0.398 e. The van der Waals surface area contributed by atoms with E-state index in [2.05, 4.69) is 78.9 Å². The molecule has 4 aromatic heterocycles. The van der Waals surface area contributed by atoms with Crippen LogP contribution in [-0.2, 0) is 16.2 Å². The molecule has 46 heavy (non-hydrogen) atoms. The standard InChI is InChI=1S/C11H11BrN2S.C11H14N2O3.C10H8BrFN2S/c1-6-4-9(5-13-7(6)2)11-10(12)8(3)14-15-11;1-12-11(15)10(13-16-2)9-6-4-3-5-8(9)7-14;1-5-3-7(4-13-10(5)12)9-8(11)6(2)14-15-9/h4-5H,1-3H3;3-6,14H,7H2,1-2H3,(H,12,15);3-4H,1-2H3/b;13-10+;. The maximum Gasteiger partial charge on any atom is 0.273 e. The average Bonchev–Trinajstić information content (AvgIpc) is 3.58. The molecule has 0 spiro atoms. The van der Waals surface area contributed by atoms with Gasteiger partial charge in [0.25, 0.3) is 5.91 Å². The number of carbonyl (C=O) groups is 1. The number of aromatic nitrogens is 4. The minimum Gasteiger partial charge on any atom is -0.398 e. The van der Waals surface area contributed by atoms with E-state index < -0.39 is 5.95 Å². The third-order valence-electron chi connectivity index (χ3n) is 6.53. The van der Waals surface area contributed by atoms with Gasteiger partial charge < -0.3 is 15.3 Å². The molecule has 1 amide bonds. The molecule has 14 heteroatoms. The highest BCUT2D eigenvalue weighted by Gasteiger charge is 2.16. The first-order valence-corrected chi connectivity index (χ1v) is 16.9. The van der Waals surface area contributed by atoms with E-state index in [9.17, 15) is 9.18 Å². The molecule has 5 rings (SSSR count). The molecule has 0 aliphatic carbocycles. The SMILES string of the molecule is CNC(=O)/C(=N/OC)c1ccccc1CO.Cc1cc(-c2snc(C)c2Br)cnc1C.Cc1cc(-c2snc(C)c2Br)cnc1F. The summed E-state index contributed by atoms with van der Waals surface area (Å²) >= 11 is 9.90. The number of carbonyl (C=O) groups excluding carboxylic acids is 1. The minimum atomic E-state index is -0.420. The molecule has 0 aliphatic heterocycles. The fourth-order valence-electron chi connectivity index (χ4n) is 3.84. The van der Waals surface area contributed by atoms with Crippen molar-refractivity contribution in [3.63, 3.8) is 0 Å². The minimum absolute atomic E-state index is 0.148. The molecule has 0 bridgehead atoms. The smallest absolute Gasteiger partial charge is 0.273 e. The van der Waals surface area contributed by atoms with Gasteiger partial charge >= 0.3 is 0 Å². The lowest BCUT2D eigenvalue weighted by Gasteiger charge is -2.08. The number of benzene rings is 1. The highest BCUT2D eigenvalue weighted by Crippen LogP contribution is 2.35. The number of nitrogens with one attached hydrogen (secondary N) is 1. The first-order chi connectivity index (χ1) is 21.9. The molecular formula is C32H33Br2FN6O3S2. The molecule has 0 fully saturated rings. The molecular weight excluding hydrogens is 759 g/mol. The topological polar surface area (TPSA) is 122 Å². The number of hydrogen-bond donors (Lipinski definition) is 2. The molecule has 0 atom stereocenters. The Morgan fingerprint density at radius 2 is 1.46 bits per heavy atom. The van der Waals surface area contributed by atoms with E-state index in [1.807, 2.05) is 27.0 Å². The first kappa shape index (κ1) is 37.0. The van der Waals surface area contributed by atoms with E-state index in [-0.39, 0.29) is 18.2 Å². The monoisotopic (exact) mass is 790 g/mol. The highest BCUT2D eigenvalue weighted by atomic mass is 79.9. The van der Waals surface area contributed by atoms with Gasteiger partial charge in [-0.3, -0.25) is 9.78 Å². The Bertz CT molecular complexity index is 1750. The van der Waals surface area contributed by atoms with Gasteiger partial charge in [-0.1, -0.05) is 29.4 Å². The first-order valence-electron chi connectivity index (χ1n) is 13.7. The van der Waals surface area contributed by atoms with Gasteiger partial charge in [-0.25, -0.2) is 4.98 Å². The Hall–Kier alpha value is -3.43. The van der Waals surface area contributed by atoms with Crippen molar-refractivity contribution in [1.29, 1.82) is 0 Å². The van der Waals surface area contributed by atoms with Gasteiger partial charge in [-0.2, -0.15) is 13.1 Å². The third kappa shape index (κ3) is 9.32. The quantitative estimate of drug-likeness (QED) is 0.102. The van der Waals surface area contributed by atoms with E-state index >= 15 is 0 Å². The summed E-state index contributed by atoms with van der Waals surface area (Å²) in [4.78, 5) is 26.4. The van der Waals surface area contributed by atoms with Gasteiger partial charge in [0, 0.05) is 47.4 Å². The Balaban J connectivity index is 0.000000188. The molecule has 2 N–H and O–H groups in total. The summed E-state index contributed by atoms with van der Waals surface area (Å²) in [6.07, 6.45) is 3.43. The van der Waals surface area contributed by atoms with Crippen molar-refractivity contribution >= 4 is 66.5 Å². The van der Waals surface area contributed by atoms with E-state index in [1.165, 1.54) is 49.0 Å². The summed E-state index contributed by atoms with van der Waals surface area (Å²) < 4.78 is 23.6. The zero-order valence-corrected chi connectivity index (χ0v) is 31.1. The van der Waals surface area contributed by atoms with Crippen molar-refractivity contribution in [2.75, 3.05) is 14.2 Å². The number of aliphatic hydroxyl groups is 1. The average molecular weight is 793 g/mol. The Labute approximate surface area is 292 Å². The number of oxime groups is 1. The zero-order chi connectivity index (χ0) is 34.0. The van der Waals surface area contributed by atoms with Crippen LogP contribution in [-0.4, -0.2) is 49.6 Å². The summed E-state index contributed by atoms with van der Waals surface area (Å²) in [7, 11) is 2.87. The second-order valence-electron chi connectivity index (χ2n) is 9.80. The van der Waals surface area contributed by atoms with Crippen LogP contribution < -0.4 is 5.32 Å². The summed E-state index contributed by atoms with van der Waals surface area (Å²) in [5.41, 5.74) is 8.18. The van der Waals surface area contributed by atoms with E-state index in [0.29, 0.717) is 16.7 Å². The molecule has 0 saturated carbocycles. The van der Waals surface area contributed by atoms with Crippen LogP contribution >= 0.6 is 54.9 Å². The van der Waals surface area contributed by atoms with Crippen molar-refractivity contribution in [3.05, 3.63) is 103 Å². The molecule has 5 aromatic rings. The molecule has 0 unspecified atom stereocenters. The maximum absolute atomic E-state index is 13.0. The molecule has 1 aromatic carbocycles. The van der Waals surface area contributed by atoms with Crippen molar-refractivity contribution in [2.24, 2.45) is 5.16 Å². The number of hydrogen-bond acceptors (Lipinski definition) is 10. The van der Waals surface area contributed by atoms with Crippen LogP contribution in [0.5, 0.6) is 0 Å². The Morgan fingerprint density at radius 3 is 1.91 bits per heavy atom. The summed E-state index contributed by atoms with van der Waals surface area (Å²) in [6, 6.07) is 10.9. The summed E-state index contributed by atoms with van der Waals surface area (Å²) in [6.45, 7) is 9.57. The van der Waals surface area contributed by atoms with E-state index in [0.717, 1.165) is 46.9 Å². The van der Waals surface area contributed by atoms with Crippen LogP contribution in [0.2, 0.25) is 0 Å². The molecule has 4 heterocycles. The summed E-state index contributed by atoms with van der Waals surface area (Å²) in [5.74, 6) is -0.779. The third-order valence-corrected chi connectivity index (χ3v) is 11.0. The number of aliphatic hydroxyl groups excluding tert-OH is 1. The number of pyridine rings is 2. The van der Waals surface area contributed by atoms with Crippen LogP contribution in [0.1, 0.15) is 39.3 Å². The number of halogens is 3. The normalized spacial score (nSPS) is 10.8.